The Balaban J connectivity index is 1.62. The zero-order valence-corrected chi connectivity index (χ0v) is 15.1. The number of rotatable bonds is 6. The van der Waals surface area contributed by atoms with Gasteiger partial charge in [0.25, 0.3) is 0 Å². The van der Waals surface area contributed by atoms with Gasteiger partial charge in [0.15, 0.2) is 0 Å². The number of benzene rings is 1. The molecule has 7 heteroatoms. The largest absolute Gasteiger partial charge is 0.323 e. The number of fused-ring (bicyclic) bond motifs is 1. The summed E-state index contributed by atoms with van der Waals surface area (Å²) in [6.07, 6.45) is 5.50. The number of carbonyl (C=O) groups is 1. The van der Waals surface area contributed by atoms with Crippen LogP contribution < -0.4 is 10.6 Å². The number of anilines is 1. The van der Waals surface area contributed by atoms with E-state index in [1.807, 2.05) is 36.7 Å². The first-order chi connectivity index (χ1) is 12.6. The molecule has 3 N–H and O–H groups in total. The molecule has 0 aliphatic heterocycles. The zero-order valence-electron chi connectivity index (χ0n) is 14.3. The maximum atomic E-state index is 14.4. The maximum Gasteiger partial charge on any atom is 0.231 e. The van der Waals surface area contributed by atoms with Gasteiger partial charge in [-0.2, -0.15) is 5.10 Å². The second kappa shape index (κ2) is 6.66. The van der Waals surface area contributed by atoms with Gasteiger partial charge < -0.3 is 10.6 Å². The highest BCUT2D eigenvalue weighted by Gasteiger charge is 2.49. The van der Waals surface area contributed by atoms with Crippen molar-refractivity contribution in [3.63, 3.8) is 0 Å². The smallest absolute Gasteiger partial charge is 0.231 e. The number of H-pyrrole nitrogens is 1. The SMILES string of the molecule is CNCC1(C(=O)Nc2cc3c(C=Cc4cccs4)n[nH]c3cc2F)CC1. The fourth-order valence-corrected chi connectivity index (χ4v) is 3.67. The van der Waals surface area contributed by atoms with Gasteiger partial charge in [0, 0.05) is 22.9 Å². The standard InChI is InChI=1S/C19H19FN4OS/c1-21-11-19(6-7-19)18(25)22-17-9-13-15(5-4-12-3-2-8-26-12)23-24-16(13)10-14(17)20/h2-5,8-10,21H,6-7,11H2,1H3,(H,22,25)(H,23,24). The Morgan fingerprint density at radius 3 is 2.96 bits per heavy atom. The normalized spacial score (nSPS) is 15.6. The van der Waals surface area contributed by atoms with Crippen molar-refractivity contribution in [3.8, 4) is 0 Å². The average Bonchev–Trinajstić information content (AvgIpc) is 3.04. The Bertz CT molecular complexity index is 973. The summed E-state index contributed by atoms with van der Waals surface area (Å²) in [6, 6.07) is 7.01. The van der Waals surface area contributed by atoms with E-state index in [1.54, 1.807) is 17.4 Å². The van der Waals surface area contributed by atoms with E-state index in [2.05, 4.69) is 20.8 Å². The quantitative estimate of drug-likeness (QED) is 0.617. The molecule has 134 valence electrons. The van der Waals surface area contributed by atoms with Crippen molar-refractivity contribution in [2.45, 2.75) is 12.8 Å². The molecule has 4 rings (SSSR count). The number of halogens is 1. The highest BCUT2D eigenvalue weighted by Crippen LogP contribution is 2.46. The Morgan fingerprint density at radius 2 is 2.27 bits per heavy atom. The Kier molecular flexibility index (Phi) is 4.34. The van der Waals surface area contributed by atoms with Crippen molar-refractivity contribution in [3.05, 3.63) is 46.0 Å². The minimum atomic E-state index is -0.469. The molecule has 1 aliphatic rings. The van der Waals surface area contributed by atoms with Crippen LogP contribution in [0.15, 0.2) is 29.6 Å². The van der Waals surface area contributed by atoms with Crippen LogP contribution in [0.2, 0.25) is 0 Å². The van der Waals surface area contributed by atoms with Crippen LogP contribution in [-0.2, 0) is 4.79 Å². The van der Waals surface area contributed by atoms with Gasteiger partial charge >= 0.3 is 0 Å². The van der Waals surface area contributed by atoms with E-state index in [0.29, 0.717) is 17.8 Å². The lowest BCUT2D eigenvalue weighted by atomic mass is 10.1. The summed E-state index contributed by atoms with van der Waals surface area (Å²) in [4.78, 5) is 13.6. The van der Waals surface area contributed by atoms with Crippen molar-refractivity contribution >= 4 is 46.0 Å². The van der Waals surface area contributed by atoms with Crippen LogP contribution in [0.25, 0.3) is 23.1 Å². The number of aromatic nitrogens is 2. The van der Waals surface area contributed by atoms with Crippen LogP contribution in [0, 0.1) is 11.2 Å². The molecule has 2 aromatic heterocycles. The minimum Gasteiger partial charge on any atom is -0.323 e. The van der Waals surface area contributed by atoms with Gasteiger partial charge in [-0.3, -0.25) is 9.89 Å². The van der Waals surface area contributed by atoms with Gasteiger partial charge in [-0.25, -0.2) is 4.39 Å². The third-order valence-corrected chi connectivity index (χ3v) is 5.56. The zero-order chi connectivity index (χ0) is 18.1. The van der Waals surface area contributed by atoms with Gasteiger partial charge in [0.2, 0.25) is 5.91 Å². The number of amides is 1. The Morgan fingerprint density at radius 1 is 1.42 bits per heavy atom. The molecule has 1 fully saturated rings. The molecule has 0 radical (unpaired) electrons. The average molecular weight is 370 g/mol. The Hall–Kier alpha value is -2.51. The van der Waals surface area contributed by atoms with Crippen molar-refractivity contribution in [1.82, 2.24) is 15.5 Å². The molecule has 1 amide bonds. The van der Waals surface area contributed by atoms with Gasteiger partial charge in [-0.05, 0) is 49.6 Å². The second-order valence-corrected chi connectivity index (χ2v) is 7.58. The van der Waals surface area contributed by atoms with E-state index in [1.165, 1.54) is 6.07 Å². The summed E-state index contributed by atoms with van der Waals surface area (Å²) in [7, 11) is 1.82. The Labute approximate surface area is 154 Å². The summed E-state index contributed by atoms with van der Waals surface area (Å²) >= 11 is 1.63. The molecule has 0 atom stereocenters. The van der Waals surface area contributed by atoms with Gasteiger partial charge in [0.1, 0.15) is 5.82 Å². The lowest BCUT2D eigenvalue weighted by Gasteiger charge is -2.15. The molecule has 26 heavy (non-hydrogen) atoms. The van der Waals surface area contributed by atoms with Crippen molar-refractivity contribution in [2.75, 3.05) is 18.9 Å². The van der Waals surface area contributed by atoms with Crippen molar-refractivity contribution in [2.24, 2.45) is 5.41 Å². The van der Waals surface area contributed by atoms with Crippen LogP contribution in [-0.4, -0.2) is 29.7 Å². The minimum absolute atomic E-state index is 0.135. The summed E-state index contributed by atoms with van der Waals surface area (Å²) in [6.45, 7) is 0.600. The fourth-order valence-electron chi connectivity index (χ4n) is 3.06. The first-order valence-electron chi connectivity index (χ1n) is 8.47. The van der Waals surface area contributed by atoms with Crippen LogP contribution in [0.1, 0.15) is 23.4 Å². The summed E-state index contributed by atoms with van der Waals surface area (Å²) in [5.41, 5.74) is 1.09. The number of nitrogens with zero attached hydrogens (tertiary/aromatic N) is 1. The molecule has 0 unspecified atom stereocenters. The van der Waals surface area contributed by atoms with E-state index >= 15 is 0 Å². The highest BCUT2D eigenvalue weighted by molar-refractivity contribution is 7.10. The molecular weight excluding hydrogens is 351 g/mol. The van der Waals surface area contributed by atoms with Crippen molar-refractivity contribution in [1.29, 1.82) is 0 Å². The van der Waals surface area contributed by atoms with Crippen LogP contribution in [0.3, 0.4) is 0 Å². The predicted molar refractivity (Wildman–Crippen MR) is 104 cm³/mol. The third-order valence-electron chi connectivity index (χ3n) is 4.73. The van der Waals surface area contributed by atoms with E-state index in [4.69, 9.17) is 0 Å². The molecule has 1 aliphatic carbocycles. The van der Waals surface area contributed by atoms with E-state index in [0.717, 1.165) is 23.1 Å². The lowest BCUT2D eigenvalue weighted by molar-refractivity contribution is -0.121. The van der Waals surface area contributed by atoms with Crippen LogP contribution >= 0.6 is 11.3 Å². The number of hydrogen-bond acceptors (Lipinski definition) is 4. The van der Waals surface area contributed by atoms with E-state index in [-0.39, 0.29) is 11.6 Å². The van der Waals surface area contributed by atoms with Gasteiger partial charge in [-0.15, -0.1) is 11.3 Å². The number of thiophene rings is 1. The van der Waals surface area contributed by atoms with Gasteiger partial charge in [0.05, 0.1) is 22.3 Å². The van der Waals surface area contributed by atoms with Crippen LogP contribution in [0.4, 0.5) is 10.1 Å². The van der Waals surface area contributed by atoms with Crippen molar-refractivity contribution < 1.29 is 9.18 Å². The predicted octanol–water partition coefficient (Wildman–Crippen LogP) is 3.87. The maximum absolute atomic E-state index is 14.4. The molecular formula is C19H19FN4OS. The molecule has 5 nitrogen and oxygen atoms in total. The number of hydrogen-bond donors (Lipinski definition) is 3. The van der Waals surface area contributed by atoms with E-state index < -0.39 is 11.2 Å². The molecule has 2 heterocycles. The monoisotopic (exact) mass is 370 g/mol. The summed E-state index contributed by atoms with van der Waals surface area (Å²) in [5, 5.41) is 15.7. The molecule has 1 saturated carbocycles. The number of nitrogens with one attached hydrogen (secondary N) is 3. The third kappa shape index (κ3) is 3.15. The topological polar surface area (TPSA) is 69.8 Å². The molecule has 0 saturated heterocycles. The highest BCUT2D eigenvalue weighted by atomic mass is 32.1. The molecule has 3 aromatic rings. The first kappa shape index (κ1) is 16.9. The summed E-state index contributed by atoms with van der Waals surface area (Å²) in [5.74, 6) is -0.604. The molecule has 0 spiro atoms. The number of carbonyl (C=O) groups excluding carboxylic acids is 1. The fraction of sp³-hybridized carbons (Fsp3) is 0.263. The van der Waals surface area contributed by atoms with E-state index in [9.17, 15) is 9.18 Å². The van der Waals surface area contributed by atoms with Crippen LogP contribution in [0.5, 0.6) is 0 Å². The molecule has 0 bridgehead atoms. The first-order valence-corrected chi connectivity index (χ1v) is 9.34. The summed E-state index contributed by atoms with van der Waals surface area (Å²) < 4.78 is 14.4. The second-order valence-electron chi connectivity index (χ2n) is 6.60. The number of aromatic amines is 1. The van der Waals surface area contributed by atoms with Gasteiger partial charge in [-0.1, -0.05) is 6.07 Å². The lowest BCUT2D eigenvalue weighted by Crippen LogP contribution is -2.32. The molecule has 1 aromatic carbocycles.